The minimum atomic E-state index is 0.0510. The molecule has 0 saturated carbocycles. The molecule has 79 valence electrons. The number of rotatable bonds is 3. The Morgan fingerprint density at radius 1 is 1.00 bits per heavy atom. The van der Waals surface area contributed by atoms with Crippen molar-refractivity contribution < 1.29 is 4.79 Å². The van der Waals surface area contributed by atoms with Crippen LogP contribution in [0.25, 0.3) is 0 Å². The zero-order chi connectivity index (χ0) is 11.4. The van der Waals surface area contributed by atoms with Crippen LogP contribution in [0.3, 0.4) is 0 Å². The Morgan fingerprint density at radius 2 is 1.56 bits per heavy atom. The Bertz CT molecular complexity index is 474. The first kappa shape index (κ1) is 11.1. The van der Waals surface area contributed by atoms with Crippen LogP contribution in [0.15, 0.2) is 48.5 Å². The van der Waals surface area contributed by atoms with Gasteiger partial charge in [0.05, 0.1) is 0 Å². The van der Waals surface area contributed by atoms with Gasteiger partial charge in [0, 0.05) is 16.5 Å². The number of carbonyl (C=O) groups is 1. The molecule has 1 nitrogen and oxygen atoms in total. The van der Waals surface area contributed by atoms with Crippen molar-refractivity contribution in [1.82, 2.24) is 0 Å². The summed E-state index contributed by atoms with van der Waals surface area (Å²) in [6, 6.07) is 17.6. The van der Waals surface area contributed by atoms with Gasteiger partial charge in [-0.2, -0.15) is 0 Å². The quantitative estimate of drug-likeness (QED) is 0.617. The number of ketones is 1. The van der Waals surface area contributed by atoms with Gasteiger partial charge in [-0.15, -0.1) is 0 Å². The summed E-state index contributed by atoms with van der Waals surface area (Å²) in [6.45, 7) is 0. The van der Waals surface area contributed by atoms with E-state index in [9.17, 15) is 4.79 Å². The summed E-state index contributed by atoms with van der Waals surface area (Å²) in [6.07, 6.45) is 0. The molecule has 0 aliphatic heterocycles. The summed E-state index contributed by atoms with van der Waals surface area (Å²) in [7, 11) is 0. The molecule has 0 heterocycles. The molecule has 0 bridgehead atoms. The first-order valence-corrected chi connectivity index (χ1v) is 6.09. The van der Waals surface area contributed by atoms with Gasteiger partial charge < -0.3 is 0 Å². The summed E-state index contributed by atoms with van der Waals surface area (Å²) in [4.78, 5) is 12.0. The molecule has 0 atom stereocenters. The molecule has 0 N–H and O–H groups in total. The lowest BCUT2D eigenvalue weighted by Crippen LogP contribution is -2.00. The van der Waals surface area contributed by atoms with Crippen LogP contribution in [-0.2, 0) is 5.33 Å². The maximum absolute atomic E-state index is 12.0. The number of hydrogen-bond acceptors (Lipinski definition) is 1. The summed E-state index contributed by atoms with van der Waals surface area (Å²) in [5.74, 6) is 0.0510. The van der Waals surface area contributed by atoms with Gasteiger partial charge in [0.2, 0.25) is 0 Å². The van der Waals surface area contributed by atoms with E-state index in [0.29, 0.717) is 5.56 Å². The molecule has 0 aromatic heterocycles. The molecule has 0 aliphatic rings. The molecule has 2 aromatic rings. The van der Waals surface area contributed by atoms with Crippen LogP contribution < -0.4 is 0 Å². The van der Waals surface area contributed by atoms with E-state index in [4.69, 9.17) is 0 Å². The van der Waals surface area contributed by atoms with E-state index < -0.39 is 0 Å². The van der Waals surface area contributed by atoms with E-state index in [1.54, 1.807) is 24.3 Å². The fraction of sp³-hybridized carbons (Fsp3) is 0.0714. The maximum atomic E-state index is 12.0. The number of alkyl halides is 1. The molecule has 0 amide bonds. The molecule has 2 aromatic carbocycles. The van der Waals surface area contributed by atoms with Crippen molar-refractivity contribution in [2.45, 2.75) is 5.33 Å². The summed E-state index contributed by atoms with van der Waals surface area (Å²) in [5, 5.41) is 0.807. The average molecular weight is 274 g/mol. The highest BCUT2D eigenvalue weighted by molar-refractivity contribution is 9.08. The van der Waals surface area contributed by atoms with Gasteiger partial charge >= 0.3 is 0 Å². The Kier molecular flexibility index (Phi) is 3.52. The van der Waals surface area contributed by atoms with Crippen molar-refractivity contribution in [2.24, 2.45) is 0 Å². The lowest BCUT2D eigenvalue weighted by atomic mass is 10.0. The monoisotopic (exact) mass is 273 g/mol. The van der Waals surface area contributed by atoms with Crippen molar-refractivity contribution in [3.8, 4) is 0 Å². The van der Waals surface area contributed by atoms with Gasteiger partial charge in [0.15, 0.2) is 5.78 Å². The molecule has 2 rings (SSSR count). The van der Waals surface area contributed by atoms with Crippen molar-refractivity contribution in [3.63, 3.8) is 0 Å². The lowest BCUT2D eigenvalue weighted by Gasteiger charge is -2.01. The van der Waals surface area contributed by atoms with Gasteiger partial charge in [-0.1, -0.05) is 64.5 Å². The largest absolute Gasteiger partial charge is 0.289 e. The van der Waals surface area contributed by atoms with Crippen LogP contribution in [0.5, 0.6) is 0 Å². The molecule has 0 aliphatic carbocycles. The van der Waals surface area contributed by atoms with E-state index in [2.05, 4.69) is 22.0 Å². The molecular formula is C14H10BrO. The highest BCUT2D eigenvalue weighted by atomic mass is 79.9. The zero-order valence-corrected chi connectivity index (χ0v) is 10.2. The highest BCUT2D eigenvalue weighted by Gasteiger charge is 2.07. The number of hydrogen-bond donors (Lipinski definition) is 0. The van der Waals surface area contributed by atoms with Crippen LogP contribution in [0.2, 0.25) is 0 Å². The van der Waals surface area contributed by atoms with Crippen LogP contribution >= 0.6 is 15.9 Å². The molecule has 1 radical (unpaired) electrons. The minimum Gasteiger partial charge on any atom is -0.289 e. The smallest absolute Gasteiger partial charge is 0.193 e. The molecule has 0 spiro atoms. The van der Waals surface area contributed by atoms with E-state index in [-0.39, 0.29) is 5.78 Å². The van der Waals surface area contributed by atoms with Gasteiger partial charge in [0.1, 0.15) is 0 Å². The third kappa shape index (κ3) is 2.39. The van der Waals surface area contributed by atoms with Gasteiger partial charge in [0.25, 0.3) is 0 Å². The average Bonchev–Trinajstić information content (AvgIpc) is 2.39. The third-order valence-electron chi connectivity index (χ3n) is 2.35. The lowest BCUT2D eigenvalue weighted by molar-refractivity contribution is 0.103. The Balaban J connectivity index is 2.28. The second kappa shape index (κ2) is 5.08. The summed E-state index contributed by atoms with van der Waals surface area (Å²) < 4.78 is 0. The topological polar surface area (TPSA) is 17.1 Å². The molecule has 16 heavy (non-hydrogen) atoms. The highest BCUT2D eigenvalue weighted by Crippen LogP contribution is 2.12. The number of carbonyl (C=O) groups excluding carboxylic acids is 1. The normalized spacial score (nSPS) is 10.1. The first-order valence-electron chi connectivity index (χ1n) is 4.97. The molecule has 0 fully saturated rings. The number of benzene rings is 2. The number of halogens is 1. The van der Waals surface area contributed by atoms with Crippen molar-refractivity contribution >= 4 is 21.7 Å². The molecule has 0 unspecified atom stereocenters. The zero-order valence-electron chi connectivity index (χ0n) is 8.61. The van der Waals surface area contributed by atoms with E-state index >= 15 is 0 Å². The van der Waals surface area contributed by atoms with Crippen LogP contribution in [0.1, 0.15) is 21.5 Å². The first-order chi connectivity index (χ1) is 7.81. The Hall–Kier alpha value is -1.41. The molecular weight excluding hydrogens is 264 g/mol. The maximum Gasteiger partial charge on any atom is 0.193 e. The predicted molar refractivity (Wildman–Crippen MR) is 67.8 cm³/mol. The Morgan fingerprint density at radius 3 is 2.12 bits per heavy atom. The van der Waals surface area contributed by atoms with Crippen LogP contribution in [0, 0.1) is 6.07 Å². The predicted octanol–water partition coefficient (Wildman–Crippen LogP) is 3.61. The van der Waals surface area contributed by atoms with Gasteiger partial charge in [-0.3, -0.25) is 4.79 Å². The Labute approximate surface area is 103 Å². The van der Waals surface area contributed by atoms with Crippen molar-refractivity contribution in [3.05, 3.63) is 71.3 Å². The van der Waals surface area contributed by atoms with Crippen molar-refractivity contribution in [2.75, 3.05) is 0 Å². The fourth-order valence-electron chi connectivity index (χ4n) is 1.45. The summed E-state index contributed by atoms with van der Waals surface area (Å²) in [5.41, 5.74) is 2.58. The van der Waals surface area contributed by atoms with Gasteiger partial charge in [-0.25, -0.2) is 0 Å². The second-order valence-electron chi connectivity index (χ2n) is 3.45. The van der Waals surface area contributed by atoms with E-state index in [1.807, 2.05) is 24.3 Å². The van der Waals surface area contributed by atoms with Crippen LogP contribution in [-0.4, -0.2) is 5.78 Å². The summed E-state index contributed by atoms with van der Waals surface area (Å²) >= 11 is 3.37. The molecule has 0 saturated heterocycles. The van der Waals surface area contributed by atoms with Crippen LogP contribution in [0.4, 0.5) is 0 Å². The standard InChI is InChI=1S/C14H10BrO/c15-10-11-6-8-13(9-7-11)14(16)12-4-2-1-3-5-12/h2-9H,10H2. The SMILES string of the molecule is O=C(c1cc[c]cc1)c1ccc(CBr)cc1. The third-order valence-corrected chi connectivity index (χ3v) is 3.00. The molecule has 2 heteroatoms. The van der Waals surface area contributed by atoms with Crippen molar-refractivity contribution in [1.29, 1.82) is 0 Å². The van der Waals surface area contributed by atoms with E-state index in [0.717, 1.165) is 16.5 Å². The van der Waals surface area contributed by atoms with Gasteiger partial charge in [-0.05, 0) is 11.6 Å². The minimum absolute atomic E-state index is 0.0510. The second-order valence-corrected chi connectivity index (χ2v) is 4.01. The van der Waals surface area contributed by atoms with E-state index in [1.165, 1.54) is 0 Å². The fourth-order valence-corrected chi connectivity index (χ4v) is 1.82.